The Balaban J connectivity index is 1.90. The van der Waals surface area contributed by atoms with Gasteiger partial charge in [-0.1, -0.05) is 17.7 Å². The lowest BCUT2D eigenvalue weighted by atomic mass is 10.2. The van der Waals surface area contributed by atoms with Crippen molar-refractivity contribution in [2.24, 2.45) is 0 Å². The number of nitrogens with zero attached hydrogens (tertiary/aromatic N) is 1. The average molecular weight is 263 g/mol. The lowest BCUT2D eigenvalue weighted by Crippen LogP contribution is -2.24. The maximum atomic E-state index is 11.5. The first kappa shape index (κ1) is 12.8. The molecule has 0 amide bonds. The highest BCUT2D eigenvalue weighted by atomic mass is 16.7. The van der Waals surface area contributed by atoms with Crippen molar-refractivity contribution in [2.75, 3.05) is 6.61 Å². The molecule has 2 rings (SSSR count). The van der Waals surface area contributed by atoms with Crippen LogP contribution in [0.15, 0.2) is 36.4 Å². The molecule has 0 unspecified atom stereocenters. The molecule has 6 heteroatoms. The van der Waals surface area contributed by atoms with Crippen molar-refractivity contribution in [2.45, 2.75) is 6.92 Å². The van der Waals surface area contributed by atoms with Gasteiger partial charge in [0, 0.05) is 12.1 Å². The van der Waals surface area contributed by atoms with Gasteiger partial charge in [-0.15, -0.1) is 4.73 Å². The number of aryl methyl sites for hydroxylation is 1. The zero-order chi connectivity index (χ0) is 13.8. The molecule has 2 aromatic rings. The number of aromatic hydroxyl groups is 2. The molecule has 1 aromatic heterocycles. The fraction of sp³-hybridized carbons (Fsp3) is 0.154. The van der Waals surface area contributed by atoms with Gasteiger partial charge in [0.15, 0.2) is 6.61 Å². The van der Waals surface area contributed by atoms with Crippen molar-refractivity contribution in [1.29, 1.82) is 0 Å². The zero-order valence-corrected chi connectivity index (χ0v) is 10.2. The Morgan fingerprint density at radius 2 is 1.68 bits per heavy atom. The molecule has 0 fully saturated rings. The predicted molar refractivity (Wildman–Crippen MR) is 66.0 cm³/mol. The van der Waals surface area contributed by atoms with Crippen LogP contribution in [0, 0.1) is 6.92 Å². The summed E-state index contributed by atoms with van der Waals surface area (Å²) >= 11 is 0. The molecule has 0 saturated heterocycles. The van der Waals surface area contributed by atoms with Crippen LogP contribution in [0.25, 0.3) is 0 Å². The summed E-state index contributed by atoms with van der Waals surface area (Å²) in [6.07, 6.45) is 0. The molecule has 1 heterocycles. The molecule has 6 nitrogen and oxygen atoms in total. The zero-order valence-electron chi connectivity index (χ0n) is 10.2. The Morgan fingerprint density at radius 3 is 2.26 bits per heavy atom. The van der Waals surface area contributed by atoms with E-state index in [1.165, 1.54) is 12.1 Å². The van der Waals surface area contributed by atoms with Crippen molar-refractivity contribution >= 4 is 5.97 Å². The van der Waals surface area contributed by atoms with Crippen LogP contribution in [-0.2, 0) is 4.79 Å². The summed E-state index contributed by atoms with van der Waals surface area (Å²) in [6.45, 7) is 1.61. The number of aromatic nitrogens is 1. The number of hydrogen-bond acceptors (Lipinski definition) is 5. The molecular weight excluding hydrogens is 250 g/mol. The van der Waals surface area contributed by atoms with Crippen molar-refractivity contribution in [1.82, 2.24) is 4.73 Å². The molecule has 0 aliphatic heterocycles. The van der Waals surface area contributed by atoms with E-state index in [9.17, 15) is 15.0 Å². The SMILES string of the molecule is Cc1ccc(OCC(=O)On2c(O)ccc2O)cc1. The van der Waals surface area contributed by atoms with E-state index < -0.39 is 5.97 Å². The third kappa shape index (κ3) is 3.19. The van der Waals surface area contributed by atoms with Crippen molar-refractivity contribution in [3.8, 4) is 17.5 Å². The third-order valence-electron chi connectivity index (χ3n) is 2.37. The summed E-state index contributed by atoms with van der Waals surface area (Å²) in [5, 5.41) is 18.6. The molecule has 19 heavy (non-hydrogen) atoms. The Hall–Kier alpha value is -2.63. The Morgan fingerprint density at radius 1 is 1.11 bits per heavy atom. The molecule has 2 N–H and O–H groups in total. The first-order chi connectivity index (χ1) is 9.06. The van der Waals surface area contributed by atoms with Crippen LogP contribution in [-0.4, -0.2) is 27.5 Å². The Kier molecular flexibility index (Phi) is 3.61. The number of benzene rings is 1. The van der Waals surface area contributed by atoms with E-state index in [-0.39, 0.29) is 18.4 Å². The molecule has 0 aliphatic carbocycles. The van der Waals surface area contributed by atoms with Crippen LogP contribution >= 0.6 is 0 Å². The highest BCUT2D eigenvalue weighted by molar-refractivity contribution is 5.71. The van der Waals surface area contributed by atoms with Crippen molar-refractivity contribution in [3.63, 3.8) is 0 Å². The van der Waals surface area contributed by atoms with Crippen LogP contribution in [0.2, 0.25) is 0 Å². The fourth-order valence-corrected chi connectivity index (χ4v) is 1.40. The largest absolute Gasteiger partial charge is 0.492 e. The van der Waals surface area contributed by atoms with Gasteiger partial charge in [0.25, 0.3) is 0 Å². The van der Waals surface area contributed by atoms with Crippen molar-refractivity contribution < 1.29 is 24.6 Å². The first-order valence-electron chi connectivity index (χ1n) is 5.56. The molecule has 0 aliphatic rings. The van der Waals surface area contributed by atoms with Gasteiger partial charge in [0.1, 0.15) is 5.75 Å². The Bertz CT molecular complexity index is 554. The second-order valence-corrected chi connectivity index (χ2v) is 3.91. The first-order valence-corrected chi connectivity index (χ1v) is 5.56. The van der Waals surface area contributed by atoms with Gasteiger partial charge in [-0.2, -0.15) is 0 Å². The summed E-state index contributed by atoms with van der Waals surface area (Å²) in [5.74, 6) is -0.965. The monoisotopic (exact) mass is 263 g/mol. The fourth-order valence-electron chi connectivity index (χ4n) is 1.40. The molecule has 0 spiro atoms. The molecule has 0 radical (unpaired) electrons. The number of hydrogen-bond donors (Lipinski definition) is 2. The van der Waals surface area contributed by atoms with E-state index in [0.29, 0.717) is 10.5 Å². The number of carbonyl (C=O) groups is 1. The average Bonchev–Trinajstić information content (AvgIpc) is 2.70. The highest BCUT2D eigenvalue weighted by Gasteiger charge is 2.12. The minimum absolute atomic E-state index is 0.333. The van der Waals surface area contributed by atoms with Gasteiger partial charge < -0.3 is 19.8 Å². The van der Waals surface area contributed by atoms with E-state index in [4.69, 9.17) is 9.57 Å². The van der Waals surface area contributed by atoms with Gasteiger partial charge in [0.2, 0.25) is 11.8 Å². The van der Waals surface area contributed by atoms with Crippen LogP contribution in [0.1, 0.15) is 5.56 Å². The van der Waals surface area contributed by atoms with E-state index >= 15 is 0 Å². The quantitative estimate of drug-likeness (QED) is 0.867. The van der Waals surface area contributed by atoms with Crippen LogP contribution in [0.3, 0.4) is 0 Å². The summed E-state index contributed by atoms with van der Waals surface area (Å²) in [6, 6.07) is 9.56. The van der Waals surface area contributed by atoms with E-state index in [1.807, 2.05) is 19.1 Å². The molecular formula is C13H13NO5. The van der Waals surface area contributed by atoms with E-state index in [1.54, 1.807) is 12.1 Å². The molecule has 0 saturated carbocycles. The number of ether oxygens (including phenoxy) is 1. The summed E-state index contributed by atoms with van der Waals surface area (Å²) < 4.78 is 5.81. The topological polar surface area (TPSA) is 80.9 Å². The second kappa shape index (κ2) is 5.34. The molecule has 0 atom stereocenters. The maximum Gasteiger partial charge on any atom is 0.370 e. The lowest BCUT2D eigenvalue weighted by Gasteiger charge is -2.08. The van der Waals surface area contributed by atoms with Gasteiger partial charge in [-0.3, -0.25) is 0 Å². The summed E-state index contributed by atoms with van der Waals surface area (Å²) in [5.41, 5.74) is 1.08. The Labute approximate surface area is 109 Å². The smallest absolute Gasteiger partial charge is 0.370 e. The van der Waals surface area contributed by atoms with Gasteiger partial charge >= 0.3 is 5.97 Å². The van der Waals surface area contributed by atoms with Crippen LogP contribution in [0.4, 0.5) is 0 Å². The molecule has 100 valence electrons. The van der Waals surface area contributed by atoms with Gasteiger partial charge in [-0.25, -0.2) is 4.79 Å². The maximum absolute atomic E-state index is 11.5. The number of carbonyl (C=O) groups excluding carboxylic acids is 1. The van der Waals surface area contributed by atoms with Crippen molar-refractivity contribution in [3.05, 3.63) is 42.0 Å². The molecule has 1 aromatic carbocycles. The predicted octanol–water partition coefficient (Wildman–Crippen LogP) is 1.24. The minimum atomic E-state index is -0.748. The van der Waals surface area contributed by atoms with E-state index in [2.05, 4.69) is 0 Å². The summed E-state index contributed by atoms with van der Waals surface area (Å²) in [4.78, 5) is 16.2. The van der Waals surface area contributed by atoms with Crippen LogP contribution < -0.4 is 9.57 Å². The van der Waals surface area contributed by atoms with Gasteiger partial charge in [0.05, 0.1) is 0 Å². The molecule has 0 bridgehead atoms. The normalized spacial score (nSPS) is 10.2. The summed E-state index contributed by atoms with van der Waals surface area (Å²) in [7, 11) is 0. The standard InChI is InChI=1S/C13H13NO5/c1-9-2-4-10(5-3-9)18-8-13(17)19-14-11(15)6-7-12(14)16/h2-7,15-16H,8H2,1H3. The number of rotatable bonds is 4. The third-order valence-corrected chi connectivity index (χ3v) is 2.37. The lowest BCUT2D eigenvalue weighted by molar-refractivity contribution is -0.147. The second-order valence-electron chi connectivity index (χ2n) is 3.91. The van der Waals surface area contributed by atoms with Gasteiger partial charge in [-0.05, 0) is 19.1 Å². The van der Waals surface area contributed by atoms with E-state index in [0.717, 1.165) is 5.56 Å². The minimum Gasteiger partial charge on any atom is -0.492 e. The van der Waals surface area contributed by atoms with Crippen LogP contribution in [0.5, 0.6) is 17.5 Å². The highest BCUT2D eigenvalue weighted by Crippen LogP contribution is 2.18.